The molecule has 2 aliphatic rings. The minimum atomic E-state index is -0.604. The van der Waals surface area contributed by atoms with Crippen LogP contribution in [0.4, 0.5) is 0 Å². The first-order valence-electron chi connectivity index (χ1n) is 4.72. The Kier molecular flexibility index (Phi) is 2.10. The van der Waals surface area contributed by atoms with Gasteiger partial charge in [0.2, 0.25) is 0 Å². The van der Waals surface area contributed by atoms with Gasteiger partial charge in [-0.2, -0.15) is 0 Å². The number of hydrogen-bond donors (Lipinski definition) is 1. The predicted octanol–water partition coefficient (Wildman–Crippen LogP) is 1.26. The zero-order valence-electron chi connectivity index (χ0n) is 7.45. The van der Waals surface area contributed by atoms with Crippen molar-refractivity contribution >= 4 is 0 Å². The summed E-state index contributed by atoms with van der Waals surface area (Å²) in [5.41, 5.74) is 0.109. The van der Waals surface area contributed by atoms with Gasteiger partial charge in [-0.15, -0.1) is 0 Å². The van der Waals surface area contributed by atoms with Crippen LogP contribution in [0.1, 0.15) is 32.6 Å². The molecule has 0 aromatic rings. The van der Waals surface area contributed by atoms with Gasteiger partial charge < -0.3 is 14.6 Å². The molecule has 2 aliphatic heterocycles. The Hall–Kier alpha value is -0.120. The Bertz CT molecular complexity index is 171. The zero-order chi connectivity index (χ0) is 8.60. The molecule has 1 N–H and O–H groups in total. The monoisotopic (exact) mass is 172 g/mol. The number of fused-ring (bicyclic) bond motifs is 1. The van der Waals surface area contributed by atoms with Crippen LogP contribution in [0, 0.1) is 5.41 Å². The molecule has 0 saturated carbocycles. The van der Waals surface area contributed by atoms with Crippen LogP contribution < -0.4 is 0 Å². The van der Waals surface area contributed by atoms with Crippen molar-refractivity contribution in [1.82, 2.24) is 0 Å². The van der Waals surface area contributed by atoms with Crippen molar-refractivity contribution < 1.29 is 14.6 Å². The SMILES string of the molecule is CC[C@@]12CCCOC1OC(O)C2. The van der Waals surface area contributed by atoms with Gasteiger partial charge in [-0.1, -0.05) is 6.92 Å². The molecule has 0 amide bonds. The van der Waals surface area contributed by atoms with Crippen molar-refractivity contribution in [3.05, 3.63) is 0 Å². The van der Waals surface area contributed by atoms with Crippen molar-refractivity contribution in [3.8, 4) is 0 Å². The Morgan fingerprint density at radius 2 is 2.42 bits per heavy atom. The first-order valence-corrected chi connectivity index (χ1v) is 4.72. The average Bonchev–Trinajstić information content (AvgIpc) is 2.41. The van der Waals surface area contributed by atoms with Gasteiger partial charge in [-0.3, -0.25) is 0 Å². The van der Waals surface area contributed by atoms with Crippen molar-refractivity contribution in [2.45, 2.75) is 45.2 Å². The van der Waals surface area contributed by atoms with Crippen LogP contribution >= 0.6 is 0 Å². The lowest BCUT2D eigenvalue weighted by Crippen LogP contribution is -2.37. The summed E-state index contributed by atoms with van der Waals surface area (Å²) in [6.07, 6.45) is 3.26. The molecular weight excluding hydrogens is 156 g/mol. The molecule has 0 aromatic heterocycles. The third-order valence-electron chi connectivity index (χ3n) is 3.15. The molecule has 0 spiro atoms. The fraction of sp³-hybridized carbons (Fsp3) is 1.00. The van der Waals surface area contributed by atoms with E-state index in [9.17, 15) is 5.11 Å². The lowest BCUT2D eigenvalue weighted by Gasteiger charge is -2.36. The van der Waals surface area contributed by atoms with Crippen LogP contribution in [-0.2, 0) is 9.47 Å². The van der Waals surface area contributed by atoms with Gasteiger partial charge >= 0.3 is 0 Å². The number of ether oxygens (including phenoxy) is 2. The quantitative estimate of drug-likeness (QED) is 0.647. The number of hydrogen-bond acceptors (Lipinski definition) is 3. The molecule has 2 heterocycles. The zero-order valence-corrected chi connectivity index (χ0v) is 7.45. The predicted molar refractivity (Wildman–Crippen MR) is 43.4 cm³/mol. The summed E-state index contributed by atoms with van der Waals surface area (Å²) in [5, 5.41) is 9.35. The second-order valence-corrected chi connectivity index (χ2v) is 3.82. The minimum Gasteiger partial charge on any atom is -0.368 e. The Morgan fingerprint density at radius 1 is 1.58 bits per heavy atom. The van der Waals surface area contributed by atoms with E-state index in [-0.39, 0.29) is 11.7 Å². The molecule has 2 rings (SSSR count). The summed E-state index contributed by atoms with van der Waals surface area (Å²) in [7, 11) is 0. The minimum absolute atomic E-state index is 0.109. The van der Waals surface area contributed by atoms with Crippen LogP contribution in [0.2, 0.25) is 0 Å². The lowest BCUT2D eigenvalue weighted by atomic mass is 9.77. The normalized spacial score (nSPS) is 47.5. The van der Waals surface area contributed by atoms with Gasteiger partial charge in [0.25, 0.3) is 0 Å². The Morgan fingerprint density at radius 3 is 3.08 bits per heavy atom. The highest BCUT2D eigenvalue weighted by atomic mass is 16.7. The number of rotatable bonds is 1. The number of aliphatic hydroxyl groups excluding tert-OH is 1. The van der Waals surface area contributed by atoms with E-state index in [1.807, 2.05) is 0 Å². The highest BCUT2D eigenvalue weighted by Crippen LogP contribution is 2.47. The van der Waals surface area contributed by atoms with Gasteiger partial charge in [-0.05, 0) is 19.3 Å². The van der Waals surface area contributed by atoms with Crippen molar-refractivity contribution in [1.29, 1.82) is 0 Å². The van der Waals surface area contributed by atoms with E-state index in [0.717, 1.165) is 32.3 Å². The van der Waals surface area contributed by atoms with E-state index in [1.165, 1.54) is 0 Å². The summed E-state index contributed by atoms with van der Waals surface area (Å²) in [6, 6.07) is 0. The molecule has 0 bridgehead atoms. The van der Waals surface area contributed by atoms with E-state index in [2.05, 4.69) is 6.92 Å². The van der Waals surface area contributed by atoms with E-state index in [4.69, 9.17) is 9.47 Å². The van der Waals surface area contributed by atoms with Gasteiger partial charge in [0.15, 0.2) is 12.6 Å². The Balaban J connectivity index is 2.14. The molecule has 3 nitrogen and oxygen atoms in total. The lowest BCUT2D eigenvalue weighted by molar-refractivity contribution is -0.224. The third-order valence-corrected chi connectivity index (χ3v) is 3.15. The maximum atomic E-state index is 9.35. The maximum absolute atomic E-state index is 9.35. The van der Waals surface area contributed by atoms with E-state index >= 15 is 0 Å². The molecule has 0 aromatic carbocycles. The molecular formula is C9H16O3. The van der Waals surface area contributed by atoms with E-state index < -0.39 is 6.29 Å². The molecule has 2 unspecified atom stereocenters. The first-order chi connectivity index (χ1) is 5.77. The van der Waals surface area contributed by atoms with Gasteiger partial charge in [0.05, 0.1) is 0 Å². The summed E-state index contributed by atoms with van der Waals surface area (Å²) in [6.45, 7) is 2.92. The molecule has 0 radical (unpaired) electrons. The van der Waals surface area contributed by atoms with E-state index in [1.54, 1.807) is 0 Å². The van der Waals surface area contributed by atoms with Crippen LogP contribution in [0.5, 0.6) is 0 Å². The van der Waals surface area contributed by atoms with Gasteiger partial charge in [0.1, 0.15) is 0 Å². The second kappa shape index (κ2) is 2.98. The standard InChI is InChI=1S/C9H16O3/c1-2-9-4-3-5-11-8(9)12-7(10)6-9/h7-8,10H,2-6H2,1H3/t7?,8?,9-/m0/s1. The highest BCUT2D eigenvalue weighted by molar-refractivity contribution is 4.89. The van der Waals surface area contributed by atoms with Crippen molar-refractivity contribution in [3.63, 3.8) is 0 Å². The van der Waals surface area contributed by atoms with Crippen molar-refractivity contribution in [2.75, 3.05) is 6.61 Å². The second-order valence-electron chi connectivity index (χ2n) is 3.82. The summed E-state index contributed by atoms with van der Waals surface area (Å²) >= 11 is 0. The summed E-state index contributed by atoms with van der Waals surface area (Å²) in [5.74, 6) is 0. The van der Waals surface area contributed by atoms with Crippen molar-refractivity contribution in [2.24, 2.45) is 5.41 Å². The third kappa shape index (κ3) is 1.16. The highest BCUT2D eigenvalue weighted by Gasteiger charge is 2.49. The first kappa shape index (κ1) is 8.48. The molecule has 2 fully saturated rings. The van der Waals surface area contributed by atoms with Gasteiger partial charge in [-0.25, -0.2) is 0 Å². The smallest absolute Gasteiger partial charge is 0.166 e. The van der Waals surface area contributed by atoms with E-state index in [0.29, 0.717) is 0 Å². The summed E-state index contributed by atoms with van der Waals surface area (Å²) < 4.78 is 10.8. The molecule has 12 heavy (non-hydrogen) atoms. The fourth-order valence-electron chi connectivity index (χ4n) is 2.32. The fourth-order valence-corrected chi connectivity index (χ4v) is 2.32. The van der Waals surface area contributed by atoms with Crippen LogP contribution in [-0.4, -0.2) is 24.3 Å². The van der Waals surface area contributed by atoms with Crippen LogP contribution in [0.15, 0.2) is 0 Å². The van der Waals surface area contributed by atoms with Crippen LogP contribution in [0.3, 0.4) is 0 Å². The number of aliphatic hydroxyl groups is 1. The maximum Gasteiger partial charge on any atom is 0.166 e. The largest absolute Gasteiger partial charge is 0.368 e. The van der Waals surface area contributed by atoms with Crippen LogP contribution in [0.25, 0.3) is 0 Å². The average molecular weight is 172 g/mol. The molecule has 3 heteroatoms. The molecule has 0 aliphatic carbocycles. The topological polar surface area (TPSA) is 38.7 Å². The molecule has 3 atom stereocenters. The molecule has 2 saturated heterocycles. The molecule has 70 valence electrons. The van der Waals surface area contributed by atoms with Gasteiger partial charge in [0, 0.05) is 18.4 Å². The summed E-state index contributed by atoms with van der Waals surface area (Å²) in [4.78, 5) is 0. The Labute approximate surface area is 72.7 Å².